The van der Waals surface area contributed by atoms with E-state index in [1.807, 2.05) is 42.5 Å². The molecule has 0 radical (unpaired) electrons. The molecular formula is C14H13NO2S. The molecule has 0 saturated heterocycles. The Morgan fingerprint density at radius 3 is 2.44 bits per heavy atom. The van der Waals surface area contributed by atoms with Crippen molar-refractivity contribution >= 4 is 17.2 Å². The van der Waals surface area contributed by atoms with Crippen molar-refractivity contribution in [3.63, 3.8) is 0 Å². The maximum Gasteiger partial charge on any atom is 0.172 e. The maximum atomic E-state index is 11.9. The molecule has 0 aromatic heterocycles. The van der Waals surface area contributed by atoms with E-state index in [1.165, 1.54) is 0 Å². The highest BCUT2D eigenvalue weighted by Crippen LogP contribution is 2.15. The lowest BCUT2D eigenvalue weighted by molar-refractivity contribution is 0.414. The van der Waals surface area contributed by atoms with E-state index in [1.54, 1.807) is 25.5 Å². The molecule has 0 spiro atoms. The molecule has 1 atom stereocenters. The van der Waals surface area contributed by atoms with Crippen molar-refractivity contribution in [2.24, 2.45) is 4.40 Å². The Hall–Kier alpha value is -1.94. The average Bonchev–Trinajstić information content (AvgIpc) is 2.46. The van der Waals surface area contributed by atoms with Gasteiger partial charge in [-0.1, -0.05) is 30.3 Å². The zero-order chi connectivity index (χ0) is 12.8. The van der Waals surface area contributed by atoms with Crippen LogP contribution in [0.1, 0.15) is 5.56 Å². The summed E-state index contributed by atoms with van der Waals surface area (Å²) in [5.74, 6) is 0.714. The van der Waals surface area contributed by atoms with Crippen molar-refractivity contribution in [3.8, 4) is 5.75 Å². The highest BCUT2D eigenvalue weighted by atomic mass is 32.2. The van der Waals surface area contributed by atoms with Gasteiger partial charge in [-0.25, -0.2) is 4.21 Å². The van der Waals surface area contributed by atoms with E-state index in [-0.39, 0.29) is 0 Å². The molecule has 2 aromatic rings. The van der Waals surface area contributed by atoms with Gasteiger partial charge in [-0.3, -0.25) is 0 Å². The van der Waals surface area contributed by atoms with Crippen LogP contribution in [0.25, 0.3) is 0 Å². The first-order valence-corrected chi connectivity index (χ1v) is 6.56. The molecule has 0 unspecified atom stereocenters. The van der Waals surface area contributed by atoms with Crippen LogP contribution in [0, 0.1) is 0 Å². The Kier molecular flexibility index (Phi) is 4.25. The largest absolute Gasteiger partial charge is 0.496 e. The molecule has 3 nitrogen and oxygen atoms in total. The molecular weight excluding hydrogens is 246 g/mol. The Labute approximate surface area is 109 Å². The number of para-hydroxylation sites is 1. The van der Waals surface area contributed by atoms with Gasteiger partial charge >= 0.3 is 0 Å². The van der Waals surface area contributed by atoms with Crippen molar-refractivity contribution < 1.29 is 8.95 Å². The van der Waals surface area contributed by atoms with Crippen molar-refractivity contribution in [1.82, 2.24) is 0 Å². The van der Waals surface area contributed by atoms with Crippen molar-refractivity contribution in [2.75, 3.05) is 7.11 Å². The molecule has 0 saturated carbocycles. The normalized spacial score (nSPS) is 12.5. The van der Waals surface area contributed by atoms with Crippen LogP contribution in [0.2, 0.25) is 0 Å². The Morgan fingerprint density at radius 2 is 1.72 bits per heavy atom. The van der Waals surface area contributed by atoms with Crippen LogP contribution in [-0.4, -0.2) is 17.5 Å². The van der Waals surface area contributed by atoms with Gasteiger partial charge in [-0.15, -0.1) is 0 Å². The molecule has 92 valence electrons. The van der Waals surface area contributed by atoms with Crippen LogP contribution < -0.4 is 4.74 Å². The van der Waals surface area contributed by atoms with Gasteiger partial charge in [0, 0.05) is 11.8 Å². The van der Waals surface area contributed by atoms with Crippen LogP contribution in [-0.2, 0) is 11.0 Å². The van der Waals surface area contributed by atoms with E-state index in [9.17, 15) is 4.21 Å². The third-order valence-electron chi connectivity index (χ3n) is 2.37. The summed E-state index contributed by atoms with van der Waals surface area (Å²) in [6.07, 6.45) is 1.57. The summed E-state index contributed by atoms with van der Waals surface area (Å²) in [5, 5.41) is 0. The van der Waals surface area contributed by atoms with Crippen molar-refractivity contribution in [2.45, 2.75) is 4.90 Å². The standard InChI is InChI=1S/C14H13NO2S/c1-17-14-10-6-5-7-12(14)11-15-18(16)13-8-3-2-4-9-13/h2-11H,1H3/b15-11+/t18-/m1/s1. The van der Waals surface area contributed by atoms with Crippen LogP contribution >= 0.6 is 0 Å². The first kappa shape index (κ1) is 12.5. The van der Waals surface area contributed by atoms with Gasteiger partial charge in [0.15, 0.2) is 11.0 Å². The van der Waals surface area contributed by atoms with Crippen LogP contribution in [0.4, 0.5) is 0 Å². The average molecular weight is 259 g/mol. The highest BCUT2D eigenvalue weighted by Gasteiger charge is 2.01. The van der Waals surface area contributed by atoms with Gasteiger partial charge in [0.05, 0.1) is 12.0 Å². The molecule has 0 aliphatic rings. The summed E-state index contributed by atoms with van der Waals surface area (Å²) >= 11 is 0. The second-order valence-corrected chi connectivity index (χ2v) is 4.72. The van der Waals surface area contributed by atoms with Gasteiger partial charge in [0.1, 0.15) is 5.75 Å². The smallest absolute Gasteiger partial charge is 0.172 e. The summed E-state index contributed by atoms with van der Waals surface area (Å²) in [6, 6.07) is 16.6. The molecule has 2 aromatic carbocycles. The number of ether oxygens (including phenoxy) is 1. The lowest BCUT2D eigenvalue weighted by atomic mass is 10.2. The highest BCUT2D eigenvalue weighted by molar-refractivity contribution is 7.83. The molecule has 0 N–H and O–H groups in total. The van der Waals surface area contributed by atoms with Gasteiger partial charge in [-0.05, 0) is 24.3 Å². The van der Waals surface area contributed by atoms with Crippen molar-refractivity contribution in [3.05, 3.63) is 60.2 Å². The van der Waals surface area contributed by atoms with Crippen LogP contribution in [0.3, 0.4) is 0 Å². The van der Waals surface area contributed by atoms with E-state index in [0.717, 1.165) is 5.56 Å². The SMILES string of the molecule is COc1ccccc1/C=N/[S@](=O)c1ccccc1. The van der Waals surface area contributed by atoms with Gasteiger partial charge in [0.2, 0.25) is 0 Å². The molecule has 0 aliphatic heterocycles. The first-order chi connectivity index (χ1) is 8.81. The fraction of sp³-hybridized carbons (Fsp3) is 0.0714. The quantitative estimate of drug-likeness (QED) is 0.792. The number of hydrogen-bond donors (Lipinski definition) is 0. The van der Waals surface area contributed by atoms with Crippen LogP contribution in [0.15, 0.2) is 63.9 Å². The predicted octanol–water partition coefficient (Wildman–Crippen LogP) is 2.84. The number of hydrogen-bond acceptors (Lipinski definition) is 2. The zero-order valence-corrected chi connectivity index (χ0v) is 10.8. The molecule has 0 amide bonds. The lowest BCUT2D eigenvalue weighted by Gasteiger charge is -2.02. The van der Waals surface area contributed by atoms with E-state index >= 15 is 0 Å². The molecule has 0 aliphatic carbocycles. The first-order valence-electron chi connectivity index (χ1n) is 5.45. The van der Waals surface area contributed by atoms with E-state index in [0.29, 0.717) is 10.6 Å². The van der Waals surface area contributed by atoms with E-state index in [4.69, 9.17) is 4.74 Å². The monoisotopic (exact) mass is 259 g/mol. The van der Waals surface area contributed by atoms with Crippen LogP contribution in [0.5, 0.6) is 5.75 Å². The fourth-order valence-corrected chi connectivity index (χ4v) is 2.20. The van der Waals surface area contributed by atoms with Gasteiger partial charge in [-0.2, -0.15) is 4.40 Å². The number of nitrogens with zero attached hydrogens (tertiary/aromatic N) is 1. The molecule has 4 heteroatoms. The number of methoxy groups -OCH3 is 1. The summed E-state index contributed by atoms with van der Waals surface area (Å²) in [6.45, 7) is 0. The minimum Gasteiger partial charge on any atom is -0.496 e. The minimum atomic E-state index is -1.38. The van der Waals surface area contributed by atoms with E-state index in [2.05, 4.69) is 4.40 Å². The molecule has 0 bridgehead atoms. The molecule has 2 rings (SSSR count). The van der Waals surface area contributed by atoms with Crippen molar-refractivity contribution in [1.29, 1.82) is 0 Å². The Morgan fingerprint density at radius 1 is 1.06 bits per heavy atom. The third kappa shape index (κ3) is 3.05. The fourth-order valence-electron chi connectivity index (χ4n) is 1.48. The van der Waals surface area contributed by atoms with Gasteiger partial charge in [0.25, 0.3) is 0 Å². The summed E-state index contributed by atoms with van der Waals surface area (Å²) in [7, 11) is 0.218. The third-order valence-corrected chi connectivity index (χ3v) is 3.34. The second kappa shape index (κ2) is 6.12. The molecule has 18 heavy (non-hydrogen) atoms. The second-order valence-electron chi connectivity index (χ2n) is 3.54. The maximum absolute atomic E-state index is 11.9. The predicted molar refractivity (Wildman–Crippen MR) is 73.4 cm³/mol. The molecule has 0 fully saturated rings. The number of benzene rings is 2. The Balaban J connectivity index is 2.19. The van der Waals surface area contributed by atoms with Gasteiger partial charge < -0.3 is 4.74 Å². The zero-order valence-electron chi connectivity index (χ0n) is 9.95. The summed E-state index contributed by atoms with van der Waals surface area (Å²) < 4.78 is 21.1. The van der Waals surface area contributed by atoms with E-state index < -0.39 is 11.0 Å². The number of rotatable bonds is 4. The Bertz CT molecular complexity index is 567. The topological polar surface area (TPSA) is 38.7 Å². The molecule has 0 heterocycles. The lowest BCUT2D eigenvalue weighted by Crippen LogP contribution is -1.92. The minimum absolute atomic E-state index is 0.684. The summed E-state index contributed by atoms with van der Waals surface area (Å²) in [4.78, 5) is 0.684. The summed E-state index contributed by atoms with van der Waals surface area (Å²) in [5.41, 5.74) is 0.810.